The van der Waals surface area contributed by atoms with Crippen molar-refractivity contribution in [2.75, 3.05) is 14.2 Å². The summed E-state index contributed by atoms with van der Waals surface area (Å²) in [5.41, 5.74) is -4.34. The molecule has 0 saturated heterocycles. The first-order chi connectivity index (χ1) is 7.37. The van der Waals surface area contributed by atoms with Crippen molar-refractivity contribution in [2.45, 2.75) is 10.4 Å². The van der Waals surface area contributed by atoms with Crippen LogP contribution in [0.25, 0.3) is 0 Å². The second kappa shape index (κ2) is 5.35. The molecule has 0 atom stereocenters. The molecule has 16 heavy (non-hydrogen) atoms. The van der Waals surface area contributed by atoms with Crippen LogP contribution in [-0.4, -0.2) is 19.7 Å². The van der Waals surface area contributed by atoms with Gasteiger partial charge in [-0.25, -0.2) is 0 Å². The second-order valence-corrected chi connectivity index (χ2v) is 4.96. The monoisotopic (exact) mass is 364 g/mol. The van der Waals surface area contributed by atoms with Crippen LogP contribution in [-0.2, 0) is 0 Å². The third-order valence-electron chi connectivity index (χ3n) is 1.65. The van der Waals surface area contributed by atoms with Crippen LogP contribution in [0.5, 0.6) is 11.5 Å². The molecule has 0 aromatic heterocycles. The summed E-state index contributed by atoms with van der Waals surface area (Å²) in [6, 6.07) is 2.92. The predicted octanol–water partition coefficient (Wildman–Crippen LogP) is 3.92. The average Bonchev–Trinajstić information content (AvgIpc) is 2.14. The number of rotatable bonds is 3. The van der Waals surface area contributed by atoms with Gasteiger partial charge < -0.3 is 9.47 Å². The molecule has 0 aliphatic heterocycles. The smallest absolute Gasteiger partial charge is 0.446 e. The fourth-order valence-corrected chi connectivity index (χ4v) is 2.77. The maximum absolute atomic E-state index is 12.3. The quantitative estimate of drug-likeness (QED) is 0.599. The van der Waals surface area contributed by atoms with E-state index < -0.39 is 5.51 Å². The van der Waals surface area contributed by atoms with E-state index in [0.717, 1.165) is 0 Å². The molecule has 0 amide bonds. The molecule has 0 fully saturated rings. The molecule has 0 bridgehead atoms. The van der Waals surface area contributed by atoms with E-state index in [1.54, 1.807) is 6.07 Å². The van der Waals surface area contributed by atoms with Gasteiger partial charge in [0.05, 0.1) is 22.7 Å². The summed E-state index contributed by atoms with van der Waals surface area (Å²) < 4.78 is 47.3. The van der Waals surface area contributed by atoms with E-state index >= 15 is 0 Å². The van der Waals surface area contributed by atoms with Crippen molar-refractivity contribution in [3.63, 3.8) is 0 Å². The first-order valence-corrected chi connectivity index (χ1v) is 5.94. The lowest BCUT2D eigenvalue weighted by Gasteiger charge is -2.13. The average molecular weight is 364 g/mol. The summed E-state index contributed by atoms with van der Waals surface area (Å²) in [7, 11) is 2.74. The van der Waals surface area contributed by atoms with Gasteiger partial charge in [-0.15, -0.1) is 0 Å². The third kappa shape index (κ3) is 3.62. The van der Waals surface area contributed by atoms with E-state index in [4.69, 9.17) is 9.47 Å². The van der Waals surface area contributed by atoms with Crippen molar-refractivity contribution >= 4 is 34.4 Å². The van der Waals surface area contributed by atoms with Gasteiger partial charge in [-0.1, -0.05) is 0 Å². The van der Waals surface area contributed by atoms with Crippen LogP contribution in [0.4, 0.5) is 13.2 Å². The van der Waals surface area contributed by atoms with Gasteiger partial charge in [-0.05, 0) is 46.5 Å². The Morgan fingerprint density at radius 1 is 1.19 bits per heavy atom. The van der Waals surface area contributed by atoms with Crippen LogP contribution in [0.1, 0.15) is 0 Å². The van der Waals surface area contributed by atoms with E-state index in [1.165, 1.54) is 20.3 Å². The van der Waals surface area contributed by atoms with Gasteiger partial charge in [0, 0.05) is 0 Å². The second-order valence-electron chi connectivity index (χ2n) is 2.69. The Morgan fingerprint density at radius 2 is 1.81 bits per heavy atom. The molecule has 0 unspecified atom stereocenters. The fraction of sp³-hybridized carbons (Fsp3) is 0.333. The number of hydrogen-bond acceptors (Lipinski definition) is 3. The molecule has 0 heterocycles. The van der Waals surface area contributed by atoms with Crippen LogP contribution >= 0.6 is 34.4 Å². The van der Waals surface area contributed by atoms with E-state index in [-0.39, 0.29) is 22.4 Å². The Bertz CT molecular complexity index is 382. The maximum atomic E-state index is 12.3. The van der Waals surface area contributed by atoms with Crippen molar-refractivity contribution in [3.8, 4) is 11.5 Å². The summed E-state index contributed by atoms with van der Waals surface area (Å²) >= 11 is 1.69. The lowest BCUT2D eigenvalue weighted by molar-refractivity contribution is -0.0328. The van der Waals surface area contributed by atoms with Crippen LogP contribution in [0, 0.1) is 3.57 Å². The number of alkyl halides is 3. The molecule has 0 spiro atoms. The Balaban J connectivity index is 3.18. The Kier molecular flexibility index (Phi) is 4.60. The van der Waals surface area contributed by atoms with Crippen LogP contribution in [0.3, 0.4) is 0 Å². The lowest BCUT2D eigenvalue weighted by Crippen LogP contribution is -2.01. The minimum absolute atomic E-state index is 0.00116. The Hall–Kier alpha value is -0.310. The molecule has 0 N–H and O–H groups in total. The molecule has 0 aliphatic carbocycles. The standard InChI is InChI=1S/C9H8F3IO2S/c1-14-5-3-6(13)8(15-2)7(4-5)16-9(10,11)12/h3-4H,1-2H3. The normalized spacial score (nSPS) is 11.4. The van der Waals surface area contributed by atoms with Gasteiger partial charge in [0.1, 0.15) is 11.5 Å². The first-order valence-electron chi connectivity index (χ1n) is 4.04. The highest BCUT2D eigenvalue weighted by Crippen LogP contribution is 2.44. The van der Waals surface area contributed by atoms with Gasteiger partial charge in [0.2, 0.25) is 0 Å². The van der Waals surface area contributed by atoms with Crippen molar-refractivity contribution in [1.29, 1.82) is 0 Å². The minimum atomic E-state index is -4.34. The zero-order valence-corrected chi connectivity index (χ0v) is 11.4. The predicted molar refractivity (Wildman–Crippen MR) is 64.2 cm³/mol. The number of halogens is 4. The van der Waals surface area contributed by atoms with Crippen molar-refractivity contribution in [2.24, 2.45) is 0 Å². The molecule has 7 heteroatoms. The van der Waals surface area contributed by atoms with E-state index in [2.05, 4.69) is 0 Å². The van der Waals surface area contributed by atoms with Crippen LogP contribution in [0.15, 0.2) is 17.0 Å². The van der Waals surface area contributed by atoms with Crippen molar-refractivity contribution in [3.05, 3.63) is 15.7 Å². The number of ether oxygens (including phenoxy) is 2. The van der Waals surface area contributed by atoms with Gasteiger partial charge >= 0.3 is 5.51 Å². The molecule has 1 rings (SSSR count). The molecule has 1 aromatic rings. The van der Waals surface area contributed by atoms with E-state index in [1.807, 2.05) is 22.6 Å². The summed E-state index contributed by atoms with van der Waals surface area (Å²) in [6.07, 6.45) is 0. The Labute approximate surface area is 109 Å². The highest BCUT2D eigenvalue weighted by molar-refractivity contribution is 14.1. The number of hydrogen-bond donors (Lipinski definition) is 0. The number of thioether (sulfide) groups is 1. The molecule has 0 radical (unpaired) electrons. The van der Waals surface area contributed by atoms with Gasteiger partial charge in [-0.2, -0.15) is 13.2 Å². The van der Waals surface area contributed by atoms with E-state index in [0.29, 0.717) is 9.32 Å². The molecule has 2 nitrogen and oxygen atoms in total. The zero-order chi connectivity index (χ0) is 12.3. The van der Waals surface area contributed by atoms with Crippen molar-refractivity contribution in [1.82, 2.24) is 0 Å². The van der Waals surface area contributed by atoms with Crippen LogP contribution < -0.4 is 9.47 Å². The van der Waals surface area contributed by atoms with Gasteiger partial charge in [-0.3, -0.25) is 0 Å². The topological polar surface area (TPSA) is 18.5 Å². The number of benzene rings is 1. The Morgan fingerprint density at radius 3 is 2.25 bits per heavy atom. The van der Waals surface area contributed by atoms with Crippen molar-refractivity contribution < 1.29 is 22.6 Å². The minimum Gasteiger partial charge on any atom is -0.497 e. The fourth-order valence-electron chi connectivity index (χ4n) is 1.06. The molecular formula is C9H8F3IO2S. The summed E-state index contributed by atoms with van der Waals surface area (Å²) in [6.45, 7) is 0. The molecule has 1 aromatic carbocycles. The van der Waals surface area contributed by atoms with E-state index in [9.17, 15) is 13.2 Å². The van der Waals surface area contributed by atoms with Crippen LogP contribution in [0.2, 0.25) is 0 Å². The lowest BCUT2D eigenvalue weighted by atomic mass is 10.3. The molecule has 0 saturated carbocycles. The third-order valence-corrected chi connectivity index (χ3v) is 3.20. The molecule has 90 valence electrons. The summed E-state index contributed by atoms with van der Waals surface area (Å²) in [5.74, 6) is 0.584. The SMILES string of the molecule is COc1cc(I)c(OC)c(SC(F)(F)F)c1. The van der Waals surface area contributed by atoms with Gasteiger partial charge in [0.25, 0.3) is 0 Å². The number of methoxy groups -OCH3 is 2. The molecular weight excluding hydrogens is 356 g/mol. The zero-order valence-electron chi connectivity index (χ0n) is 8.39. The summed E-state index contributed by atoms with van der Waals surface area (Å²) in [5, 5.41) is 0. The van der Waals surface area contributed by atoms with Gasteiger partial charge in [0.15, 0.2) is 0 Å². The molecule has 0 aliphatic rings. The highest BCUT2D eigenvalue weighted by atomic mass is 127. The highest BCUT2D eigenvalue weighted by Gasteiger charge is 2.31. The first kappa shape index (κ1) is 13.8. The summed E-state index contributed by atoms with van der Waals surface area (Å²) in [4.78, 5) is -0.00116. The maximum Gasteiger partial charge on any atom is 0.446 e. The largest absolute Gasteiger partial charge is 0.497 e.